The number of hydrogen-bond donors (Lipinski definition) is 0. The number of fused-ring (bicyclic) bond motifs is 1. The SMILES string of the molecule is CC(C)(C)C1CCC(CCCN2CCN(C(C)(C)C)CC2)C1.CC(C)(C)CCN1CCCN(CC2CCN(C(C)(C)C)CC2)CC1.CC(C)(C)OCC(=O)CN1CCN(C(C)(C)C)CC1.CC(C)(C)OCCCN1C[C@@]2(C)CN(C(C)(C)C)C[C@@]2(C)C1.CC(C)(C)OCCN1CCOC2(CCN(C(C)(C)C)CC2)C1.CC(C)N1CCN(CCC2CC(COC(C)(C)C)C2)CC1. The van der Waals surface area contributed by atoms with Gasteiger partial charge < -0.3 is 48.2 Å². The van der Waals surface area contributed by atoms with Crippen LogP contribution >= 0.6 is 0 Å². The van der Waals surface area contributed by atoms with Crippen LogP contribution < -0.4 is 0 Å². The first-order valence-electron chi connectivity index (χ1n) is 53.9. The quantitative estimate of drug-likeness (QED) is 0.0809. The van der Waals surface area contributed by atoms with Crippen LogP contribution in [0.15, 0.2) is 0 Å². The van der Waals surface area contributed by atoms with Gasteiger partial charge in [-0.3, -0.25) is 44.0 Å². The molecule has 768 valence electrons. The van der Waals surface area contributed by atoms with E-state index in [4.69, 9.17) is 23.7 Å². The minimum absolute atomic E-state index is 0.00726. The first-order valence-corrected chi connectivity index (χ1v) is 53.9. The lowest BCUT2D eigenvalue weighted by molar-refractivity contribution is -0.146. The summed E-state index contributed by atoms with van der Waals surface area (Å²) in [7, 11) is 0. The minimum atomic E-state index is -0.236. The van der Waals surface area contributed by atoms with E-state index < -0.39 is 0 Å². The summed E-state index contributed by atoms with van der Waals surface area (Å²) >= 11 is 0. The largest absolute Gasteiger partial charge is 0.376 e. The summed E-state index contributed by atoms with van der Waals surface area (Å²) in [5, 5.41) is 0. The lowest BCUT2D eigenvalue weighted by atomic mass is 9.71. The van der Waals surface area contributed by atoms with Gasteiger partial charge in [0.15, 0.2) is 5.78 Å². The van der Waals surface area contributed by atoms with Crippen molar-refractivity contribution in [2.24, 2.45) is 51.2 Å². The number of nitrogens with zero attached hydrogens (tertiary/aromatic N) is 13. The number of ketones is 1. The molecular weight excluding hydrogens is 1610 g/mol. The summed E-state index contributed by atoms with van der Waals surface area (Å²) in [5.74, 6) is 4.87. The third-order valence-electron chi connectivity index (χ3n) is 31.3. The molecule has 0 aromatic heterocycles. The van der Waals surface area contributed by atoms with Crippen LogP contribution in [0.3, 0.4) is 0 Å². The molecule has 0 aromatic rings. The zero-order valence-corrected chi connectivity index (χ0v) is 93.7. The van der Waals surface area contributed by atoms with Crippen LogP contribution in [0, 0.1) is 51.2 Å². The van der Waals surface area contributed by atoms with Gasteiger partial charge in [-0.25, -0.2) is 0 Å². The van der Waals surface area contributed by atoms with Crippen LogP contribution in [-0.4, -0.2) is 380 Å². The van der Waals surface area contributed by atoms with Crippen LogP contribution in [0.25, 0.3) is 0 Å². The standard InChI is InChI=1S/C21H43N3.C20H40N2.C19H38N2O.C18H36N2O2.C18H36N2O.C15H30N2O2/c1-20(2,3)10-15-22-11-7-12-23(17-16-22)18-19-8-13-24(14-9-19)21(4,5)6;1-19(2,3)18-10-9-17(16-18)8-7-11-21-12-14-22(15-13-21)20(4,5)6;1-16(2,3)21-14-18(7)12-20(13-19(18,8)15-21)10-9-11-22-17(4,5)6;1-16(2,3)20-9-7-18(8-10-20)15-19(12-14-22-18)11-13-21-17(4,5)6;1-15(2)20-10-8-19(9-11-20)7-6-16-12-17(13-16)14-21-18(3,4)5;1-14(2,3)17-9-7-16(8-10-17)11-13(18)12-19-15(4,5)6/h19H,7-18H2,1-6H3;17-18H,7-16H2,1-6H3;9-15H2,1-8H3;7-15H2,1-6H3;15-17H,6-14H2,1-5H3;7-12H2,1-6H3/t;;18-,19+;;;. The van der Waals surface area contributed by atoms with E-state index in [9.17, 15) is 4.79 Å². The topological polar surface area (TPSA) is 105 Å². The summed E-state index contributed by atoms with van der Waals surface area (Å²) in [4.78, 5) is 45.8. The van der Waals surface area contributed by atoms with Crippen molar-refractivity contribution in [3.05, 3.63) is 0 Å². The number of likely N-dealkylation sites (tertiary alicyclic amines) is 4. The third kappa shape index (κ3) is 44.8. The zero-order valence-electron chi connectivity index (χ0n) is 93.7. The van der Waals surface area contributed by atoms with Gasteiger partial charge in [-0.1, -0.05) is 61.8 Å². The number of piperidine rings is 2. The number of carbonyl (C=O) groups excluding carboxylic acids is 1. The Bertz CT molecular complexity index is 3070. The summed E-state index contributed by atoms with van der Waals surface area (Å²) in [6.45, 7) is 127. The molecule has 0 bridgehead atoms. The molecule has 0 N–H and O–H groups in total. The minimum Gasteiger partial charge on any atom is -0.376 e. The lowest BCUT2D eigenvalue weighted by Gasteiger charge is -2.50. The number of morpholine rings is 1. The lowest BCUT2D eigenvalue weighted by Crippen LogP contribution is -2.59. The second-order valence-corrected chi connectivity index (χ2v) is 55.2. The molecular formula is C111H223N13O6. The van der Waals surface area contributed by atoms with E-state index in [0.717, 1.165) is 134 Å². The van der Waals surface area contributed by atoms with Gasteiger partial charge in [0.2, 0.25) is 0 Å². The average molecular weight is 1840 g/mol. The summed E-state index contributed by atoms with van der Waals surface area (Å²) in [5.41, 5.74) is 3.18. The molecule has 1 spiro atoms. The van der Waals surface area contributed by atoms with Crippen molar-refractivity contribution < 1.29 is 28.5 Å². The fourth-order valence-corrected chi connectivity index (χ4v) is 21.7. The highest BCUT2D eigenvalue weighted by molar-refractivity contribution is 5.81. The number of piperazine rings is 3. The Morgan fingerprint density at radius 3 is 1.29 bits per heavy atom. The summed E-state index contributed by atoms with van der Waals surface area (Å²) in [6.07, 6.45) is 20.4. The number of ether oxygens (including phenoxy) is 5. The van der Waals surface area contributed by atoms with Gasteiger partial charge in [0.05, 0.1) is 54.4 Å². The summed E-state index contributed by atoms with van der Waals surface area (Å²) in [6, 6.07) is 0.711. The normalized spacial score (nSPS) is 27.0. The zero-order chi connectivity index (χ0) is 97.6. The number of carbonyl (C=O) groups is 1. The molecule has 130 heavy (non-hydrogen) atoms. The maximum atomic E-state index is 11.9. The molecule has 19 nitrogen and oxygen atoms in total. The van der Waals surface area contributed by atoms with E-state index in [2.05, 4.69) is 299 Å². The molecule has 11 rings (SSSR count). The van der Waals surface area contributed by atoms with E-state index >= 15 is 0 Å². The Kier molecular flexibility index (Phi) is 46.2. The van der Waals surface area contributed by atoms with Crippen LogP contribution in [0.4, 0.5) is 0 Å². The Morgan fingerprint density at radius 2 is 0.808 bits per heavy atom. The van der Waals surface area contributed by atoms with Gasteiger partial charge in [0.25, 0.3) is 0 Å². The fraction of sp³-hybridized carbons (Fsp3) is 0.991. The van der Waals surface area contributed by atoms with Gasteiger partial charge in [0, 0.05) is 215 Å². The number of Topliss-reactive ketones (excluding diaryl/α,β-unsaturated/α-hetero) is 1. The van der Waals surface area contributed by atoms with Crippen molar-refractivity contribution in [2.75, 3.05) is 249 Å². The van der Waals surface area contributed by atoms with Crippen molar-refractivity contribution in [3.8, 4) is 0 Å². The number of rotatable bonds is 25. The average Bonchev–Trinajstić information content (AvgIpc) is 1.57. The first-order chi connectivity index (χ1) is 59.6. The molecule has 2 unspecified atom stereocenters. The van der Waals surface area contributed by atoms with Crippen LogP contribution in [0.1, 0.15) is 352 Å². The highest BCUT2D eigenvalue weighted by atomic mass is 16.5. The second kappa shape index (κ2) is 51.1. The predicted molar refractivity (Wildman–Crippen MR) is 557 cm³/mol. The molecule has 0 aromatic carbocycles. The van der Waals surface area contributed by atoms with Crippen molar-refractivity contribution in [1.29, 1.82) is 0 Å². The molecule has 9 saturated heterocycles. The van der Waals surface area contributed by atoms with Gasteiger partial charge >= 0.3 is 0 Å². The number of hydrogen-bond acceptors (Lipinski definition) is 19. The van der Waals surface area contributed by atoms with Gasteiger partial charge in [-0.2, -0.15) is 0 Å². The molecule has 11 fully saturated rings. The molecule has 19 heteroatoms. The summed E-state index contributed by atoms with van der Waals surface area (Å²) < 4.78 is 29.4. The van der Waals surface area contributed by atoms with E-state index in [0.29, 0.717) is 50.9 Å². The highest BCUT2D eigenvalue weighted by Gasteiger charge is 2.59. The molecule has 2 saturated carbocycles. The maximum Gasteiger partial charge on any atom is 0.172 e. The van der Waals surface area contributed by atoms with Crippen LogP contribution in [0.5, 0.6) is 0 Å². The van der Waals surface area contributed by atoms with Crippen LogP contribution in [0.2, 0.25) is 0 Å². The smallest absolute Gasteiger partial charge is 0.172 e. The molecule has 4 atom stereocenters. The Morgan fingerprint density at radius 1 is 0.362 bits per heavy atom. The molecule has 0 amide bonds. The second-order valence-electron chi connectivity index (χ2n) is 55.2. The van der Waals surface area contributed by atoms with Gasteiger partial charge in [-0.05, 0) is 377 Å². The Labute approximate surface area is 807 Å². The molecule has 11 aliphatic rings. The fourth-order valence-electron chi connectivity index (χ4n) is 21.7. The van der Waals surface area contributed by atoms with E-state index in [1.54, 1.807) is 0 Å². The van der Waals surface area contributed by atoms with E-state index in [-0.39, 0.29) is 51.5 Å². The van der Waals surface area contributed by atoms with Crippen LogP contribution in [-0.2, 0) is 28.5 Å². The Hall–Kier alpha value is -1.05. The predicted octanol–water partition coefficient (Wildman–Crippen LogP) is 20.0. The molecule has 2 aliphatic carbocycles. The Balaban J connectivity index is 0.000000241. The highest BCUT2D eigenvalue weighted by Crippen LogP contribution is 2.53. The van der Waals surface area contributed by atoms with Crippen molar-refractivity contribution >= 4 is 5.78 Å². The molecule has 9 aliphatic heterocycles. The van der Waals surface area contributed by atoms with Crippen molar-refractivity contribution in [2.45, 2.75) is 414 Å². The van der Waals surface area contributed by atoms with Gasteiger partial charge in [-0.15, -0.1) is 0 Å². The van der Waals surface area contributed by atoms with E-state index in [1.807, 2.05) is 20.8 Å². The van der Waals surface area contributed by atoms with Gasteiger partial charge in [0.1, 0.15) is 6.61 Å². The maximum absolute atomic E-state index is 11.9. The van der Waals surface area contributed by atoms with Crippen molar-refractivity contribution in [3.63, 3.8) is 0 Å². The molecule has 9 heterocycles. The first kappa shape index (κ1) is 118. The van der Waals surface area contributed by atoms with Crippen molar-refractivity contribution in [1.82, 2.24) is 63.7 Å². The monoisotopic (exact) mass is 1830 g/mol. The third-order valence-corrected chi connectivity index (χ3v) is 31.3. The van der Waals surface area contributed by atoms with E-state index in [1.165, 1.54) is 228 Å². The molecule has 0 radical (unpaired) electrons.